The molecule has 0 saturated heterocycles. The van der Waals surface area contributed by atoms with Crippen LogP contribution < -0.4 is 0 Å². The van der Waals surface area contributed by atoms with Gasteiger partial charge in [-0.1, -0.05) is 0 Å². The highest BCUT2D eigenvalue weighted by Crippen LogP contribution is 2.26. The molecule has 0 bridgehead atoms. The summed E-state index contributed by atoms with van der Waals surface area (Å²) in [5, 5.41) is 10.6. The molecule has 0 amide bonds. The highest BCUT2D eigenvalue weighted by Gasteiger charge is 2.26. The van der Waals surface area contributed by atoms with Gasteiger partial charge in [-0.3, -0.25) is 10.1 Å². The number of sulfone groups is 1. The molecule has 0 radical (unpaired) electrons. The van der Waals surface area contributed by atoms with E-state index in [1.165, 1.54) is 12.4 Å². The molecule has 8 nitrogen and oxygen atoms in total. The summed E-state index contributed by atoms with van der Waals surface area (Å²) in [6.45, 7) is 1.72. The second-order valence-electron chi connectivity index (χ2n) is 4.21. The molecular weight excluding hydrogens is 312 g/mol. The van der Waals surface area contributed by atoms with Gasteiger partial charge in [-0.15, -0.1) is 0 Å². The fourth-order valence-corrected chi connectivity index (χ4v) is 3.22. The number of non-ortho nitro benzene ring substituents is 1. The van der Waals surface area contributed by atoms with Gasteiger partial charge in [0.15, 0.2) is 0 Å². The zero-order valence-corrected chi connectivity index (χ0v) is 12.3. The Morgan fingerprint density at radius 3 is 2.45 bits per heavy atom. The summed E-state index contributed by atoms with van der Waals surface area (Å²) in [4.78, 5) is 23.9. The minimum Gasteiger partial charge on any atom is -0.462 e. The highest BCUT2D eigenvalue weighted by molar-refractivity contribution is 7.91. The molecular formula is C13H12N2O6S. The summed E-state index contributed by atoms with van der Waals surface area (Å²) in [5.41, 5.74) is -0.334. The number of nitro benzene ring substituents is 1. The first-order valence-electron chi connectivity index (χ1n) is 6.21. The van der Waals surface area contributed by atoms with Crippen molar-refractivity contribution >= 4 is 21.5 Å². The molecule has 0 aliphatic heterocycles. The lowest BCUT2D eigenvalue weighted by atomic mass is 10.3. The van der Waals surface area contributed by atoms with Crippen molar-refractivity contribution in [3.05, 3.63) is 52.3 Å². The molecule has 0 fully saturated rings. The molecule has 1 aromatic heterocycles. The zero-order chi connectivity index (χ0) is 16.3. The van der Waals surface area contributed by atoms with Crippen LogP contribution in [0.3, 0.4) is 0 Å². The average Bonchev–Trinajstić information content (AvgIpc) is 2.98. The fourth-order valence-electron chi connectivity index (χ4n) is 1.81. The maximum atomic E-state index is 12.5. The Morgan fingerprint density at radius 1 is 1.27 bits per heavy atom. The first-order valence-corrected chi connectivity index (χ1v) is 7.69. The van der Waals surface area contributed by atoms with E-state index in [0.29, 0.717) is 0 Å². The summed E-state index contributed by atoms with van der Waals surface area (Å²) in [5.74, 6) is -0.760. The van der Waals surface area contributed by atoms with Gasteiger partial charge in [0.05, 0.1) is 22.0 Å². The molecule has 116 valence electrons. The molecule has 2 aromatic rings. The van der Waals surface area contributed by atoms with Crippen molar-refractivity contribution < 1.29 is 22.9 Å². The van der Waals surface area contributed by atoms with Crippen molar-refractivity contribution in [3.8, 4) is 0 Å². The first kappa shape index (κ1) is 15.7. The molecule has 0 spiro atoms. The van der Waals surface area contributed by atoms with E-state index in [4.69, 9.17) is 4.74 Å². The number of carbonyl (C=O) groups excluding carboxylic acids is 1. The third-order valence-corrected chi connectivity index (χ3v) is 4.66. The zero-order valence-electron chi connectivity index (χ0n) is 11.5. The van der Waals surface area contributed by atoms with Crippen molar-refractivity contribution in [2.45, 2.75) is 16.7 Å². The van der Waals surface area contributed by atoms with E-state index in [9.17, 15) is 23.3 Å². The Hall–Kier alpha value is -2.68. The van der Waals surface area contributed by atoms with Gasteiger partial charge in [0.25, 0.3) is 5.69 Å². The van der Waals surface area contributed by atoms with Crippen LogP contribution in [0.1, 0.15) is 17.3 Å². The second-order valence-corrected chi connectivity index (χ2v) is 6.13. The van der Waals surface area contributed by atoms with Crippen molar-refractivity contribution in [1.29, 1.82) is 0 Å². The Balaban J connectivity index is 2.45. The van der Waals surface area contributed by atoms with Gasteiger partial charge in [-0.05, 0) is 19.1 Å². The lowest BCUT2D eigenvalue weighted by molar-refractivity contribution is -0.384. The van der Waals surface area contributed by atoms with Crippen LogP contribution in [0, 0.1) is 10.1 Å². The summed E-state index contributed by atoms with van der Waals surface area (Å²) in [6, 6.07) is 4.41. The number of aromatic nitrogens is 1. The standard InChI is InChI=1S/C13H12N2O6S/c1-2-21-13(16)11-7-14-8-12(11)22(19,20)10-5-3-9(4-6-10)15(17)18/h3-8,14H,2H2,1H3. The third-order valence-electron chi connectivity index (χ3n) is 2.85. The topological polar surface area (TPSA) is 119 Å². The maximum absolute atomic E-state index is 12.5. The number of hydrogen-bond donors (Lipinski definition) is 1. The molecule has 0 atom stereocenters. The molecule has 1 heterocycles. The lowest BCUT2D eigenvalue weighted by Gasteiger charge is -2.05. The summed E-state index contributed by atoms with van der Waals surface area (Å²) < 4.78 is 29.8. The second kappa shape index (κ2) is 5.98. The Labute approximate surface area is 125 Å². The molecule has 2 rings (SSSR count). The van der Waals surface area contributed by atoms with E-state index in [1.807, 2.05) is 0 Å². The van der Waals surface area contributed by atoms with Crippen molar-refractivity contribution in [2.24, 2.45) is 0 Å². The normalized spacial score (nSPS) is 11.1. The van der Waals surface area contributed by atoms with E-state index < -0.39 is 20.7 Å². The minimum absolute atomic E-state index is 0.111. The smallest absolute Gasteiger partial charge is 0.341 e. The van der Waals surface area contributed by atoms with Crippen LogP contribution in [0.2, 0.25) is 0 Å². The van der Waals surface area contributed by atoms with Gasteiger partial charge in [-0.2, -0.15) is 0 Å². The number of nitrogens with zero attached hydrogens (tertiary/aromatic N) is 1. The van der Waals surface area contributed by atoms with E-state index in [2.05, 4.69) is 4.98 Å². The van der Waals surface area contributed by atoms with Crippen LogP contribution in [0.25, 0.3) is 0 Å². The van der Waals surface area contributed by atoms with Crippen molar-refractivity contribution in [1.82, 2.24) is 4.98 Å². The lowest BCUT2D eigenvalue weighted by Crippen LogP contribution is -2.10. The van der Waals surface area contributed by atoms with E-state index in [1.54, 1.807) is 6.92 Å². The monoisotopic (exact) mass is 324 g/mol. The number of rotatable bonds is 5. The first-order chi connectivity index (χ1) is 10.4. The Bertz CT molecular complexity index is 807. The third kappa shape index (κ3) is 2.84. The molecule has 0 aliphatic rings. The fraction of sp³-hybridized carbons (Fsp3) is 0.154. The molecule has 22 heavy (non-hydrogen) atoms. The number of nitro groups is 1. The van der Waals surface area contributed by atoms with Gasteiger partial charge < -0.3 is 9.72 Å². The van der Waals surface area contributed by atoms with Gasteiger partial charge in [0.1, 0.15) is 4.90 Å². The largest absolute Gasteiger partial charge is 0.462 e. The van der Waals surface area contributed by atoms with Crippen LogP contribution >= 0.6 is 0 Å². The van der Waals surface area contributed by atoms with Crippen LogP contribution in [-0.2, 0) is 14.6 Å². The molecule has 0 unspecified atom stereocenters. The van der Waals surface area contributed by atoms with Gasteiger partial charge >= 0.3 is 5.97 Å². The van der Waals surface area contributed by atoms with E-state index >= 15 is 0 Å². The van der Waals surface area contributed by atoms with Crippen LogP contribution in [0.5, 0.6) is 0 Å². The van der Waals surface area contributed by atoms with Gasteiger partial charge in [0.2, 0.25) is 9.84 Å². The predicted octanol–water partition coefficient (Wildman–Crippen LogP) is 1.93. The summed E-state index contributed by atoms with van der Waals surface area (Å²) in [6.07, 6.45) is 2.40. The number of esters is 1. The summed E-state index contributed by atoms with van der Waals surface area (Å²) in [7, 11) is -3.99. The number of aromatic amines is 1. The number of ether oxygens (including phenoxy) is 1. The van der Waals surface area contributed by atoms with Crippen molar-refractivity contribution in [2.75, 3.05) is 6.61 Å². The average molecular weight is 324 g/mol. The molecule has 0 aliphatic carbocycles. The van der Waals surface area contributed by atoms with Crippen LogP contribution in [0.15, 0.2) is 46.5 Å². The van der Waals surface area contributed by atoms with Crippen LogP contribution in [0.4, 0.5) is 5.69 Å². The molecule has 9 heteroatoms. The van der Waals surface area contributed by atoms with Crippen LogP contribution in [-0.4, -0.2) is 30.9 Å². The quantitative estimate of drug-likeness (QED) is 0.510. The molecule has 0 saturated carbocycles. The maximum Gasteiger partial charge on any atom is 0.341 e. The number of H-pyrrole nitrogens is 1. The Kier molecular flexibility index (Phi) is 4.27. The van der Waals surface area contributed by atoms with E-state index in [-0.39, 0.29) is 27.6 Å². The number of carbonyl (C=O) groups is 1. The minimum atomic E-state index is -3.99. The van der Waals surface area contributed by atoms with Gasteiger partial charge in [0, 0.05) is 24.5 Å². The SMILES string of the molecule is CCOC(=O)c1c[nH]cc1S(=O)(=O)c1ccc([N+](=O)[O-])cc1. The highest BCUT2D eigenvalue weighted by atomic mass is 32.2. The van der Waals surface area contributed by atoms with Crippen molar-refractivity contribution in [3.63, 3.8) is 0 Å². The summed E-state index contributed by atoms with van der Waals surface area (Å²) >= 11 is 0. The predicted molar refractivity (Wildman–Crippen MR) is 75.3 cm³/mol. The van der Waals surface area contributed by atoms with Gasteiger partial charge in [-0.25, -0.2) is 13.2 Å². The Morgan fingerprint density at radius 2 is 1.91 bits per heavy atom. The molecule has 1 aromatic carbocycles. The van der Waals surface area contributed by atoms with E-state index in [0.717, 1.165) is 24.3 Å². The number of hydrogen-bond acceptors (Lipinski definition) is 6. The number of benzene rings is 1. The molecule has 1 N–H and O–H groups in total. The number of nitrogens with one attached hydrogen (secondary N) is 1.